The Hall–Kier alpha value is -2.49. The Labute approximate surface area is 149 Å². The molecule has 25 heavy (non-hydrogen) atoms. The molecule has 1 aromatic heterocycles. The van der Waals surface area contributed by atoms with Gasteiger partial charge >= 0.3 is 0 Å². The summed E-state index contributed by atoms with van der Waals surface area (Å²) in [6.07, 6.45) is 2.54. The molecule has 2 unspecified atom stereocenters. The van der Waals surface area contributed by atoms with Crippen LogP contribution >= 0.6 is 12.4 Å². The fourth-order valence-electron chi connectivity index (χ4n) is 2.56. The zero-order valence-electron chi connectivity index (χ0n) is 13.2. The van der Waals surface area contributed by atoms with Crippen LogP contribution in [0.4, 0.5) is 5.69 Å². The number of halogens is 1. The number of aromatic nitrogens is 2. The molecule has 3 rings (SSSR count). The second kappa shape index (κ2) is 8.06. The summed E-state index contributed by atoms with van der Waals surface area (Å²) in [6.45, 7) is 1.60. The SMILES string of the molecule is Cl.O=C(NCC1CNCC1O)c1cnn(-c2ccc([N+](=O)[O-])cc2)c1. The van der Waals surface area contributed by atoms with Crippen LogP contribution in [0.5, 0.6) is 0 Å². The van der Waals surface area contributed by atoms with Crippen molar-refractivity contribution in [2.45, 2.75) is 6.10 Å². The number of hydrogen-bond acceptors (Lipinski definition) is 6. The molecule has 2 heterocycles. The van der Waals surface area contributed by atoms with Crippen LogP contribution in [0, 0.1) is 16.0 Å². The Morgan fingerprint density at radius 3 is 2.72 bits per heavy atom. The van der Waals surface area contributed by atoms with E-state index < -0.39 is 11.0 Å². The molecule has 1 fully saturated rings. The highest BCUT2D eigenvalue weighted by molar-refractivity contribution is 5.93. The first-order valence-corrected chi connectivity index (χ1v) is 7.51. The fourth-order valence-corrected chi connectivity index (χ4v) is 2.56. The van der Waals surface area contributed by atoms with Crippen molar-refractivity contribution in [2.24, 2.45) is 5.92 Å². The predicted molar refractivity (Wildman–Crippen MR) is 92.2 cm³/mol. The van der Waals surface area contributed by atoms with Gasteiger partial charge in [0, 0.05) is 43.9 Å². The maximum absolute atomic E-state index is 12.1. The van der Waals surface area contributed by atoms with E-state index in [1.165, 1.54) is 23.0 Å². The average molecular weight is 368 g/mol. The molecule has 1 saturated heterocycles. The van der Waals surface area contributed by atoms with Crippen LogP contribution in [0.3, 0.4) is 0 Å². The lowest BCUT2D eigenvalue weighted by Crippen LogP contribution is -2.34. The number of nitrogens with zero attached hydrogens (tertiary/aromatic N) is 3. The molecule has 9 nitrogen and oxygen atoms in total. The van der Waals surface area contributed by atoms with Gasteiger partial charge in [0.2, 0.25) is 0 Å². The van der Waals surface area contributed by atoms with Crippen LogP contribution < -0.4 is 10.6 Å². The third kappa shape index (κ3) is 4.32. The second-order valence-electron chi connectivity index (χ2n) is 5.64. The first-order chi connectivity index (χ1) is 11.5. The molecule has 1 aliphatic rings. The summed E-state index contributed by atoms with van der Waals surface area (Å²) in [5.74, 6) is -0.277. The minimum absolute atomic E-state index is 0. The Balaban J connectivity index is 0.00000225. The molecule has 0 spiro atoms. The smallest absolute Gasteiger partial charge is 0.269 e. The van der Waals surface area contributed by atoms with Crippen LogP contribution in [0.25, 0.3) is 5.69 Å². The normalized spacial score (nSPS) is 19.2. The van der Waals surface area contributed by atoms with Gasteiger partial charge in [0.1, 0.15) is 0 Å². The summed E-state index contributed by atoms with van der Waals surface area (Å²) in [5, 5.41) is 30.3. The summed E-state index contributed by atoms with van der Waals surface area (Å²) in [6, 6.07) is 5.89. The van der Waals surface area contributed by atoms with E-state index in [0.29, 0.717) is 30.9 Å². The highest BCUT2D eigenvalue weighted by atomic mass is 35.5. The van der Waals surface area contributed by atoms with Gasteiger partial charge in [-0.1, -0.05) is 0 Å². The average Bonchev–Trinajstić information content (AvgIpc) is 3.22. The third-order valence-corrected chi connectivity index (χ3v) is 4.00. The summed E-state index contributed by atoms with van der Waals surface area (Å²) in [5.41, 5.74) is 0.997. The van der Waals surface area contributed by atoms with Gasteiger partial charge in [0.05, 0.1) is 28.5 Å². The molecule has 134 valence electrons. The minimum atomic E-state index is -0.474. The van der Waals surface area contributed by atoms with Crippen molar-refractivity contribution in [3.63, 3.8) is 0 Å². The third-order valence-electron chi connectivity index (χ3n) is 4.00. The van der Waals surface area contributed by atoms with Crippen LogP contribution in [-0.4, -0.2) is 51.5 Å². The largest absolute Gasteiger partial charge is 0.391 e. The van der Waals surface area contributed by atoms with Gasteiger partial charge in [-0.05, 0) is 12.1 Å². The molecular weight excluding hydrogens is 350 g/mol. The lowest BCUT2D eigenvalue weighted by atomic mass is 10.1. The Bertz CT molecular complexity index is 749. The van der Waals surface area contributed by atoms with Crippen molar-refractivity contribution in [2.75, 3.05) is 19.6 Å². The molecule has 2 aromatic rings. The molecule has 0 radical (unpaired) electrons. The van der Waals surface area contributed by atoms with E-state index >= 15 is 0 Å². The Morgan fingerprint density at radius 2 is 2.12 bits per heavy atom. The second-order valence-corrected chi connectivity index (χ2v) is 5.64. The molecule has 10 heteroatoms. The summed E-state index contributed by atoms with van der Waals surface area (Å²) < 4.78 is 1.48. The number of aliphatic hydroxyl groups is 1. The minimum Gasteiger partial charge on any atom is -0.391 e. The van der Waals surface area contributed by atoms with Crippen molar-refractivity contribution in [3.05, 3.63) is 52.3 Å². The lowest BCUT2D eigenvalue weighted by Gasteiger charge is -2.13. The van der Waals surface area contributed by atoms with Gasteiger partial charge in [0.15, 0.2) is 0 Å². The van der Waals surface area contributed by atoms with E-state index in [1.807, 2.05) is 0 Å². The van der Waals surface area contributed by atoms with E-state index in [1.54, 1.807) is 18.3 Å². The number of carbonyl (C=O) groups excluding carboxylic acids is 1. The van der Waals surface area contributed by atoms with Gasteiger partial charge in [0.25, 0.3) is 11.6 Å². The van der Waals surface area contributed by atoms with E-state index in [0.717, 1.165) is 0 Å². The summed E-state index contributed by atoms with van der Waals surface area (Å²) in [7, 11) is 0. The number of nitro benzene ring substituents is 1. The summed E-state index contributed by atoms with van der Waals surface area (Å²) in [4.78, 5) is 22.3. The molecule has 0 saturated carbocycles. The first-order valence-electron chi connectivity index (χ1n) is 7.51. The topological polar surface area (TPSA) is 122 Å². The number of non-ortho nitro benzene ring substituents is 1. The molecule has 0 bridgehead atoms. The van der Waals surface area contributed by atoms with Crippen LogP contribution in [0.1, 0.15) is 10.4 Å². The number of amides is 1. The lowest BCUT2D eigenvalue weighted by molar-refractivity contribution is -0.384. The fraction of sp³-hybridized carbons (Fsp3) is 0.333. The number of β-amino-alcohol motifs (C(OH)–C–C–N with tert-alkyl or cyclic N) is 1. The maximum Gasteiger partial charge on any atom is 0.269 e. The van der Waals surface area contributed by atoms with Gasteiger partial charge < -0.3 is 15.7 Å². The van der Waals surface area contributed by atoms with Crippen molar-refractivity contribution in [1.82, 2.24) is 20.4 Å². The number of rotatable bonds is 5. The van der Waals surface area contributed by atoms with Crippen molar-refractivity contribution in [1.29, 1.82) is 0 Å². The van der Waals surface area contributed by atoms with Gasteiger partial charge in [-0.15, -0.1) is 12.4 Å². The van der Waals surface area contributed by atoms with Crippen molar-refractivity contribution in [3.8, 4) is 5.69 Å². The molecule has 0 aliphatic carbocycles. The number of nitro groups is 1. The van der Waals surface area contributed by atoms with Crippen LogP contribution in [-0.2, 0) is 0 Å². The van der Waals surface area contributed by atoms with Gasteiger partial charge in [-0.2, -0.15) is 5.10 Å². The van der Waals surface area contributed by atoms with Crippen molar-refractivity contribution < 1.29 is 14.8 Å². The number of nitrogens with one attached hydrogen (secondary N) is 2. The van der Waals surface area contributed by atoms with Gasteiger partial charge in [-0.3, -0.25) is 14.9 Å². The van der Waals surface area contributed by atoms with E-state index in [-0.39, 0.29) is 29.9 Å². The number of aliphatic hydroxyl groups excluding tert-OH is 1. The zero-order valence-corrected chi connectivity index (χ0v) is 14.0. The van der Waals surface area contributed by atoms with E-state index in [2.05, 4.69) is 15.7 Å². The molecular formula is C15H18ClN5O4. The first kappa shape index (κ1) is 18.8. The van der Waals surface area contributed by atoms with E-state index in [9.17, 15) is 20.0 Å². The van der Waals surface area contributed by atoms with E-state index in [4.69, 9.17) is 0 Å². The molecule has 1 aromatic carbocycles. The molecule has 3 N–H and O–H groups in total. The number of carbonyl (C=O) groups is 1. The number of hydrogen-bond donors (Lipinski definition) is 3. The summed E-state index contributed by atoms with van der Waals surface area (Å²) >= 11 is 0. The predicted octanol–water partition coefficient (Wildman–Crippen LogP) is 0.512. The highest BCUT2D eigenvalue weighted by Gasteiger charge is 2.25. The highest BCUT2D eigenvalue weighted by Crippen LogP contribution is 2.15. The number of benzene rings is 1. The van der Waals surface area contributed by atoms with Crippen LogP contribution in [0.15, 0.2) is 36.7 Å². The molecule has 2 atom stereocenters. The standard InChI is InChI=1S/C15H17N5O4.ClH/c21-14-8-16-5-10(14)6-17-15(22)11-7-18-19(9-11)12-1-3-13(4-2-12)20(23)24;/h1-4,7,9-10,14,16,21H,5-6,8H2,(H,17,22);1H. The monoisotopic (exact) mass is 367 g/mol. The maximum atomic E-state index is 12.1. The molecule has 1 amide bonds. The molecule has 1 aliphatic heterocycles. The van der Waals surface area contributed by atoms with Crippen LogP contribution in [0.2, 0.25) is 0 Å². The zero-order chi connectivity index (χ0) is 17.1. The Kier molecular flexibility index (Phi) is 6.07. The quantitative estimate of drug-likeness (QED) is 0.523. The Morgan fingerprint density at radius 1 is 1.40 bits per heavy atom. The van der Waals surface area contributed by atoms with Crippen molar-refractivity contribution >= 4 is 24.0 Å². The van der Waals surface area contributed by atoms with Gasteiger partial charge in [-0.25, -0.2) is 4.68 Å².